The molecule has 1 N–H and O–H groups in total. The van der Waals surface area contributed by atoms with Crippen LogP contribution in [0, 0.1) is 0 Å². The summed E-state index contributed by atoms with van der Waals surface area (Å²) in [7, 11) is 0. The summed E-state index contributed by atoms with van der Waals surface area (Å²) in [6, 6.07) is 12.4. The average Bonchev–Trinajstić information content (AvgIpc) is 2.39. The molecule has 0 aliphatic carbocycles. The highest BCUT2D eigenvalue weighted by molar-refractivity contribution is 5.86. The van der Waals surface area contributed by atoms with Gasteiger partial charge in [-0.05, 0) is 36.4 Å². The number of hydrogen-bond donors (Lipinski definition) is 1. The first-order valence-electron chi connectivity index (χ1n) is 5.66. The third-order valence-electron chi connectivity index (χ3n) is 2.41. The van der Waals surface area contributed by atoms with Crippen LogP contribution >= 0.6 is 0 Å². The molecule has 2 aromatic rings. The SMILES string of the molecule is O=C(Nc1ccc(C(F)(F)F)cc1)Oc1ccccc1. The number of benzene rings is 2. The zero-order chi connectivity index (χ0) is 14.6. The van der Waals surface area contributed by atoms with E-state index in [0.717, 1.165) is 24.3 Å². The van der Waals surface area contributed by atoms with E-state index in [4.69, 9.17) is 4.74 Å². The predicted molar refractivity (Wildman–Crippen MR) is 67.5 cm³/mol. The zero-order valence-electron chi connectivity index (χ0n) is 10.1. The number of hydrogen-bond acceptors (Lipinski definition) is 2. The highest BCUT2D eigenvalue weighted by Crippen LogP contribution is 2.29. The lowest BCUT2D eigenvalue weighted by Crippen LogP contribution is -2.16. The van der Waals surface area contributed by atoms with Gasteiger partial charge in [0.2, 0.25) is 0 Å². The van der Waals surface area contributed by atoms with Crippen LogP contribution in [0.5, 0.6) is 5.75 Å². The van der Waals surface area contributed by atoms with Gasteiger partial charge in [-0.2, -0.15) is 13.2 Å². The van der Waals surface area contributed by atoms with Crippen molar-refractivity contribution in [3.05, 3.63) is 60.2 Å². The van der Waals surface area contributed by atoms with E-state index < -0.39 is 17.8 Å². The molecule has 0 aliphatic rings. The molecule has 2 rings (SSSR count). The smallest absolute Gasteiger partial charge is 0.410 e. The number of rotatable bonds is 2. The molecule has 0 bridgehead atoms. The molecule has 0 saturated carbocycles. The number of nitrogens with one attached hydrogen (secondary N) is 1. The molecule has 1 amide bonds. The molecule has 0 atom stereocenters. The number of amides is 1. The van der Waals surface area contributed by atoms with Crippen LogP contribution in [-0.4, -0.2) is 6.09 Å². The molecule has 3 nitrogen and oxygen atoms in total. The van der Waals surface area contributed by atoms with Gasteiger partial charge in [-0.3, -0.25) is 5.32 Å². The molecule has 2 aromatic carbocycles. The minimum Gasteiger partial charge on any atom is -0.410 e. The van der Waals surface area contributed by atoms with Crippen molar-refractivity contribution in [3.8, 4) is 5.75 Å². The number of para-hydroxylation sites is 1. The number of halogens is 3. The van der Waals surface area contributed by atoms with Gasteiger partial charge in [0.15, 0.2) is 0 Å². The fourth-order valence-corrected chi connectivity index (χ4v) is 1.48. The summed E-state index contributed by atoms with van der Waals surface area (Å²) in [6.45, 7) is 0. The molecule has 0 radical (unpaired) electrons. The first-order chi connectivity index (χ1) is 9.45. The van der Waals surface area contributed by atoms with Gasteiger partial charge < -0.3 is 4.74 Å². The Kier molecular flexibility index (Phi) is 3.93. The van der Waals surface area contributed by atoms with Crippen molar-refractivity contribution >= 4 is 11.8 Å². The second kappa shape index (κ2) is 5.64. The molecule has 20 heavy (non-hydrogen) atoms. The van der Waals surface area contributed by atoms with Gasteiger partial charge in [-0.25, -0.2) is 4.79 Å². The molecule has 0 heterocycles. The van der Waals surface area contributed by atoms with Crippen LogP contribution in [-0.2, 0) is 6.18 Å². The zero-order valence-corrected chi connectivity index (χ0v) is 10.1. The van der Waals surface area contributed by atoms with E-state index in [9.17, 15) is 18.0 Å². The molecule has 0 unspecified atom stereocenters. The molecule has 0 aliphatic heterocycles. The summed E-state index contributed by atoms with van der Waals surface area (Å²) >= 11 is 0. The van der Waals surface area contributed by atoms with Crippen LogP contribution in [0.4, 0.5) is 23.7 Å². The van der Waals surface area contributed by atoms with Crippen molar-refractivity contribution in [1.29, 1.82) is 0 Å². The largest absolute Gasteiger partial charge is 0.417 e. The molecular weight excluding hydrogens is 271 g/mol. The standard InChI is InChI=1S/C14H10F3NO2/c15-14(16,17)10-6-8-11(9-7-10)18-13(19)20-12-4-2-1-3-5-12/h1-9H,(H,18,19). The summed E-state index contributed by atoms with van der Waals surface area (Å²) in [5.74, 6) is 0.344. The van der Waals surface area contributed by atoms with E-state index in [1.165, 1.54) is 0 Å². The van der Waals surface area contributed by atoms with Crippen LogP contribution in [0.25, 0.3) is 0 Å². The van der Waals surface area contributed by atoms with Crippen LogP contribution in [0.15, 0.2) is 54.6 Å². The molecule has 0 spiro atoms. The topological polar surface area (TPSA) is 38.3 Å². The van der Waals surface area contributed by atoms with Crippen molar-refractivity contribution < 1.29 is 22.7 Å². The fraction of sp³-hybridized carbons (Fsp3) is 0.0714. The van der Waals surface area contributed by atoms with Crippen molar-refractivity contribution in [3.63, 3.8) is 0 Å². The summed E-state index contributed by atoms with van der Waals surface area (Å²) in [4.78, 5) is 11.5. The van der Waals surface area contributed by atoms with Gasteiger partial charge in [0, 0.05) is 5.69 Å². The quantitative estimate of drug-likeness (QED) is 0.890. The number of carbonyl (C=O) groups is 1. The maximum absolute atomic E-state index is 12.4. The normalized spacial score (nSPS) is 10.9. The summed E-state index contributed by atoms with van der Waals surface area (Å²) in [5, 5.41) is 2.34. The van der Waals surface area contributed by atoms with Gasteiger partial charge in [-0.15, -0.1) is 0 Å². The van der Waals surface area contributed by atoms with Gasteiger partial charge >= 0.3 is 12.3 Å². The average molecular weight is 281 g/mol. The second-order valence-corrected chi connectivity index (χ2v) is 3.90. The third kappa shape index (κ3) is 3.74. The first-order valence-corrected chi connectivity index (χ1v) is 5.66. The van der Waals surface area contributed by atoms with E-state index in [1.807, 2.05) is 0 Å². The monoisotopic (exact) mass is 281 g/mol. The van der Waals surface area contributed by atoms with Crippen molar-refractivity contribution in [2.24, 2.45) is 0 Å². The molecule has 0 fully saturated rings. The lowest BCUT2D eigenvalue weighted by Gasteiger charge is -2.09. The minimum absolute atomic E-state index is 0.221. The summed E-state index contributed by atoms with van der Waals surface area (Å²) in [6.07, 6.45) is -5.17. The Labute approximate surface area is 113 Å². The summed E-state index contributed by atoms with van der Waals surface area (Å²) in [5.41, 5.74) is -0.557. The Morgan fingerprint density at radius 2 is 1.55 bits per heavy atom. The van der Waals surface area contributed by atoms with E-state index in [-0.39, 0.29) is 5.69 Å². The second-order valence-electron chi connectivity index (χ2n) is 3.90. The highest BCUT2D eigenvalue weighted by atomic mass is 19.4. The van der Waals surface area contributed by atoms with E-state index in [0.29, 0.717) is 5.75 Å². The van der Waals surface area contributed by atoms with Gasteiger partial charge in [0.25, 0.3) is 0 Å². The van der Waals surface area contributed by atoms with Crippen molar-refractivity contribution in [1.82, 2.24) is 0 Å². The Morgan fingerprint density at radius 1 is 0.950 bits per heavy atom. The maximum Gasteiger partial charge on any atom is 0.417 e. The van der Waals surface area contributed by atoms with Gasteiger partial charge in [-0.1, -0.05) is 18.2 Å². The number of carbonyl (C=O) groups excluding carboxylic acids is 1. The third-order valence-corrected chi connectivity index (χ3v) is 2.41. The number of ether oxygens (including phenoxy) is 1. The first kappa shape index (κ1) is 13.9. The lowest BCUT2D eigenvalue weighted by molar-refractivity contribution is -0.137. The Balaban J connectivity index is 1.98. The van der Waals surface area contributed by atoms with Gasteiger partial charge in [0.05, 0.1) is 5.56 Å². The highest BCUT2D eigenvalue weighted by Gasteiger charge is 2.29. The lowest BCUT2D eigenvalue weighted by atomic mass is 10.2. The molecule has 104 valence electrons. The Hall–Kier alpha value is -2.50. The minimum atomic E-state index is -4.40. The fourth-order valence-electron chi connectivity index (χ4n) is 1.48. The predicted octanol–water partition coefficient (Wildman–Crippen LogP) is 4.32. The van der Waals surface area contributed by atoms with Crippen LogP contribution < -0.4 is 10.1 Å². The molecule has 6 heteroatoms. The van der Waals surface area contributed by atoms with Crippen LogP contribution in [0.1, 0.15) is 5.56 Å². The van der Waals surface area contributed by atoms with Crippen molar-refractivity contribution in [2.75, 3.05) is 5.32 Å². The molecule has 0 aromatic heterocycles. The van der Waals surface area contributed by atoms with Crippen LogP contribution in [0.3, 0.4) is 0 Å². The van der Waals surface area contributed by atoms with Crippen molar-refractivity contribution in [2.45, 2.75) is 6.18 Å². The van der Waals surface area contributed by atoms with E-state index in [1.54, 1.807) is 30.3 Å². The summed E-state index contributed by atoms with van der Waals surface area (Å²) < 4.78 is 42.0. The number of alkyl halides is 3. The molecule has 0 saturated heterocycles. The van der Waals surface area contributed by atoms with Crippen LogP contribution in [0.2, 0.25) is 0 Å². The van der Waals surface area contributed by atoms with Gasteiger partial charge in [0.1, 0.15) is 5.75 Å². The number of anilines is 1. The maximum atomic E-state index is 12.4. The Bertz CT molecular complexity index is 580. The van der Waals surface area contributed by atoms with E-state index >= 15 is 0 Å². The Morgan fingerprint density at radius 3 is 2.10 bits per heavy atom. The molecular formula is C14H10F3NO2. The van der Waals surface area contributed by atoms with E-state index in [2.05, 4.69) is 5.32 Å².